The second kappa shape index (κ2) is 11.8. The number of benzene rings is 3. The van der Waals surface area contributed by atoms with Gasteiger partial charge in [-0.2, -0.15) is 30.0 Å². The van der Waals surface area contributed by atoms with Gasteiger partial charge in [0.15, 0.2) is 15.5 Å². The zero-order chi connectivity index (χ0) is 30.1. The molecule has 5 rings (SSSR count). The van der Waals surface area contributed by atoms with Crippen LogP contribution in [0.3, 0.4) is 0 Å². The third kappa shape index (κ3) is 6.62. The highest BCUT2D eigenvalue weighted by Gasteiger charge is 2.38. The Morgan fingerprint density at radius 3 is 2.57 bits per heavy atom. The van der Waals surface area contributed by atoms with E-state index in [1.165, 1.54) is 40.7 Å². The van der Waals surface area contributed by atoms with Crippen LogP contribution < -0.4 is 4.74 Å². The molecule has 42 heavy (non-hydrogen) atoms. The van der Waals surface area contributed by atoms with Gasteiger partial charge in [-0.1, -0.05) is 36.4 Å². The molecule has 1 aliphatic heterocycles. The largest absolute Gasteiger partial charge is 0.487 e. The van der Waals surface area contributed by atoms with E-state index in [9.17, 15) is 31.7 Å². The lowest BCUT2D eigenvalue weighted by molar-refractivity contribution is -0.384. The van der Waals surface area contributed by atoms with Gasteiger partial charge in [0.1, 0.15) is 18.0 Å². The fraction of sp³-hybridized carbons (Fsp3) is 0.276. The minimum absolute atomic E-state index is 0.0433. The summed E-state index contributed by atoms with van der Waals surface area (Å²) in [6, 6.07) is 20.3. The Bertz CT molecular complexity index is 1720. The molecule has 4 aromatic rings. The van der Waals surface area contributed by atoms with Crippen molar-refractivity contribution in [3.63, 3.8) is 0 Å². The standard InChI is InChI=1S/C29H26F3N3O5S2/c1-42(38,39)23-9-5-7-20(15-23)21-12-13-41-27(16-21)25-17-28(29(30,31)32)33-34(25)24-10-2-3-11-26(24)40-18-19-6-4-8-22(14-19)35(36)37/h2-11,14-15,17,21,27H,12-13,16,18H2,1H3. The predicted octanol–water partition coefficient (Wildman–Crippen LogP) is 7.13. The van der Waals surface area contributed by atoms with Crippen molar-refractivity contribution in [2.75, 3.05) is 12.0 Å². The molecule has 0 bridgehead atoms. The van der Waals surface area contributed by atoms with Gasteiger partial charge in [-0.05, 0) is 66.0 Å². The highest BCUT2D eigenvalue weighted by Crippen LogP contribution is 2.47. The number of ether oxygens (including phenoxy) is 1. The van der Waals surface area contributed by atoms with Crippen LogP contribution in [0.5, 0.6) is 5.75 Å². The molecule has 3 aromatic carbocycles. The lowest BCUT2D eigenvalue weighted by Gasteiger charge is -2.30. The van der Waals surface area contributed by atoms with Crippen LogP contribution in [0.2, 0.25) is 0 Å². The molecule has 0 spiro atoms. The van der Waals surface area contributed by atoms with Crippen molar-refractivity contribution >= 4 is 27.3 Å². The number of halogens is 3. The van der Waals surface area contributed by atoms with Gasteiger partial charge >= 0.3 is 6.18 Å². The number of para-hydroxylation sites is 2. The summed E-state index contributed by atoms with van der Waals surface area (Å²) in [5, 5.41) is 14.7. The maximum atomic E-state index is 13.9. The molecule has 2 unspecified atom stereocenters. The maximum Gasteiger partial charge on any atom is 0.435 e. The number of sulfone groups is 1. The molecule has 1 saturated heterocycles. The molecule has 8 nitrogen and oxygen atoms in total. The molecule has 0 N–H and O–H groups in total. The molecular weight excluding hydrogens is 591 g/mol. The Hall–Kier alpha value is -3.84. The molecule has 1 fully saturated rings. The Balaban J connectivity index is 1.48. The van der Waals surface area contributed by atoms with Gasteiger partial charge in [0, 0.05) is 23.6 Å². The quantitative estimate of drug-likeness (QED) is 0.153. The highest BCUT2D eigenvalue weighted by atomic mass is 32.2. The number of non-ortho nitro benzene ring substituents is 1. The number of thioether (sulfide) groups is 1. The molecule has 0 amide bonds. The zero-order valence-electron chi connectivity index (χ0n) is 22.3. The van der Waals surface area contributed by atoms with E-state index >= 15 is 0 Å². The fourth-order valence-electron chi connectivity index (χ4n) is 4.94. The van der Waals surface area contributed by atoms with Crippen LogP contribution in [0.4, 0.5) is 18.9 Å². The third-order valence-corrected chi connectivity index (χ3v) is 9.43. The number of aromatic nitrogens is 2. The van der Waals surface area contributed by atoms with Crippen molar-refractivity contribution in [1.29, 1.82) is 0 Å². The molecule has 220 valence electrons. The van der Waals surface area contributed by atoms with Gasteiger partial charge < -0.3 is 4.74 Å². The summed E-state index contributed by atoms with van der Waals surface area (Å²) in [4.78, 5) is 10.8. The van der Waals surface area contributed by atoms with Crippen molar-refractivity contribution in [3.8, 4) is 11.4 Å². The van der Waals surface area contributed by atoms with Crippen LogP contribution >= 0.6 is 11.8 Å². The molecule has 1 aliphatic rings. The molecule has 2 heterocycles. The summed E-state index contributed by atoms with van der Waals surface area (Å²) < 4.78 is 73.2. The average molecular weight is 618 g/mol. The van der Waals surface area contributed by atoms with Gasteiger partial charge in [-0.25, -0.2) is 13.1 Å². The maximum absolute atomic E-state index is 13.9. The van der Waals surface area contributed by atoms with E-state index in [1.54, 1.807) is 42.5 Å². The van der Waals surface area contributed by atoms with E-state index in [4.69, 9.17) is 4.74 Å². The van der Waals surface area contributed by atoms with Crippen molar-refractivity contribution in [1.82, 2.24) is 9.78 Å². The molecule has 1 aromatic heterocycles. The number of nitro benzene ring substituents is 1. The first-order valence-electron chi connectivity index (χ1n) is 12.9. The van der Waals surface area contributed by atoms with Gasteiger partial charge in [-0.3, -0.25) is 10.1 Å². The Morgan fingerprint density at radius 2 is 1.83 bits per heavy atom. The summed E-state index contributed by atoms with van der Waals surface area (Å²) in [6.07, 6.45) is -2.31. The minimum atomic E-state index is -4.68. The van der Waals surface area contributed by atoms with Crippen molar-refractivity contribution < 1.29 is 31.2 Å². The van der Waals surface area contributed by atoms with Crippen molar-refractivity contribution in [3.05, 3.63) is 111 Å². The highest BCUT2D eigenvalue weighted by molar-refractivity contribution is 7.99. The van der Waals surface area contributed by atoms with E-state index in [-0.39, 0.29) is 34.1 Å². The molecule has 0 aliphatic carbocycles. The van der Waals surface area contributed by atoms with E-state index in [0.29, 0.717) is 29.1 Å². The molecule has 13 heteroatoms. The normalized spacial score (nSPS) is 17.6. The predicted molar refractivity (Wildman–Crippen MR) is 153 cm³/mol. The summed E-state index contributed by atoms with van der Waals surface area (Å²) in [6.45, 7) is -0.0433. The Kier molecular flexibility index (Phi) is 8.33. The molecular formula is C29H26F3N3O5S2. The first kappa shape index (κ1) is 29.6. The molecule has 2 atom stereocenters. The number of hydrogen-bond donors (Lipinski definition) is 0. The van der Waals surface area contributed by atoms with Crippen LogP contribution in [0, 0.1) is 10.1 Å². The SMILES string of the molecule is CS(=O)(=O)c1cccc(C2CCSC(c3cc(C(F)(F)F)nn3-c3ccccc3OCc3cccc([N+](=O)[O-])c3)C2)c1. The number of nitrogens with zero attached hydrogens (tertiary/aromatic N) is 3. The topological polar surface area (TPSA) is 104 Å². The lowest BCUT2D eigenvalue weighted by Crippen LogP contribution is -2.16. The Labute approximate surface area is 244 Å². The Morgan fingerprint density at radius 1 is 1.07 bits per heavy atom. The van der Waals surface area contributed by atoms with Crippen molar-refractivity contribution in [2.24, 2.45) is 0 Å². The number of rotatable bonds is 8. The third-order valence-electron chi connectivity index (χ3n) is 7.01. The second-order valence-corrected chi connectivity index (χ2v) is 13.3. The van der Waals surface area contributed by atoms with Crippen LogP contribution in [0.25, 0.3) is 5.69 Å². The smallest absolute Gasteiger partial charge is 0.435 e. The summed E-state index contributed by atoms with van der Waals surface area (Å²) >= 11 is 1.53. The zero-order valence-corrected chi connectivity index (χ0v) is 24.0. The lowest BCUT2D eigenvalue weighted by atomic mass is 9.90. The van der Waals surface area contributed by atoms with E-state index in [1.807, 2.05) is 6.07 Å². The van der Waals surface area contributed by atoms with E-state index in [0.717, 1.165) is 24.3 Å². The van der Waals surface area contributed by atoms with Gasteiger partial charge in [0.25, 0.3) is 5.69 Å². The summed E-state index contributed by atoms with van der Waals surface area (Å²) in [7, 11) is -3.41. The van der Waals surface area contributed by atoms with Gasteiger partial charge in [0.05, 0.1) is 15.5 Å². The second-order valence-electron chi connectivity index (χ2n) is 9.97. The van der Waals surface area contributed by atoms with Gasteiger partial charge in [0.2, 0.25) is 0 Å². The number of nitro groups is 1. The first-order valence-corrected chi connectivity index (χ1v) is 15.9. The van der Waals surface area contributed by atoms with Crippen LogP contribution in [0.1, 0.15) is 46.5 Å². The van der Waals surface area contributed by atoms with Gasteiger partial charge in [-0.15, -0.1) is 0 Å². The minimum Gasteiger partial charge on any atom is -0.487 e. The number of hydrogen-bond acceptors (Lipinski definition) is 7. The summed E-state index contributed by atoms with van der Waals surface area (Å²) in [5.41, 5.74) is 0.869. The molecule has 0 saturated carbocycles. The van der Waals surface area contributed by atoms with Crippen LogP contribution in [0.15, 0.2) is 83.8 Å². The van der Waals surface area contributed by atoms with Crippen LogP contribution in [-0.4, -0.2) is 35.1 Å². The number of alkyl halides is 3. The van der Waals surface area contributed by atoms with E-state index in [2.05, 4.69) is 5.10 Å². The monoisotopic (exact) mass is 617 g/mol. The van der Waals surface area contributed by atoms with Crippen molar-refractivity contribution in [2.45, 2.75) is 41.7 Å². The van der Waals surface area contributed by atoms with Crippen LogP contribution in [-0.2, 0) is 22.6 Å². The molecule has 0 radical (unpaired) electrons. The van der Waals surface area contributed by atoms with E-state index < -0.39 is 26.6 Å². The fourth-order valence-corrected chi connectivity index (χ4v) is 7.02. The summed E-state index contributed by atoms with van der Waals surface area (Å²) in [5.74, 6) is 0.868. The first-order chi connectivity index (χ1) is 19.9. The average Bonchev–Trinajstić information content (AvgIpc) is 3.42.